The van der Waals surface area contributed by atoms with Crippen LogP contribution in [0.2, 0.25) is 0 Å². The Morgan fingerprint density at radius 3 is 2.37 bits per heavy atom. The molecule has 2 saturated carbocycles. The third kappa shape index (κ3) is 2.67. The molecule has 2 aliphatic rings. The molecule has 102 valence electrons. The lowest BCUT2D eigenvalue weighted by molar-refractivity contribution is 0.232. The zero-order valence-electron chi connectivity index (χ0n) is 11.1. The molecule has 0 aromatic heterocycles. The Kier molecular flexibility index (Phi) is 3.09. The summed E-state index contributed by atoms with van der Waals surface area (Å²) in [5.41, 5.74) is 7.46. The predicted octanol–water partition coefficient (Wildman–Crippen LogP) is 2.50. The van der Waals surface area contributed by atoms with Crippen molar-refractivity contribution < 1.29 is 4.79 Å². The number of hydrogen-bond acceptors (Lipinski definition) is 2. The van der Waals surface area contributed by atoms with Gasteiger partial charge >= 0.3 is 6.03 Å². The van der Waals surface area contributed by atoms with Crippen LogP contribution in [0.1, 0.15) is 44.1 Å². The highest BCUT2D eigenvalue weighted by Gasteiger charge is 2.45. The normalized spacial score (nSPS) is 21.1. The second-order valence-electron chi connectivity index (χ2n) is 5.78. The molecular formula is C15H21N3O. The number of urea groups is 1. The third-order valence-corrected chi connectivity index (χ3v) is 4.26. The first-order valence-electron chi connectivity index (χ1n) is 7.13. The minimum absolute atomic E-state index is 0.0266. The standard InChI is InChI=1S/C15H21N3O/c16-12-7-5-11(6-8-12)15(9-10-15)18-14(19)17-13-3-1-2-4-13/h5-8,13H,1-4,9-10,16H2,(H2,17,18,19). The van der Waals surface area contributed by atoms with Gasteiger partial charge in [0, 0.05) is 11.7 Å². The van der Waals surface area contributed by atoms with E-state index in [0.717, 1.165) is 36.9 Å². The number of nitrogen functional groups attached to an aromatic ring is 1. The molecule has 0 heterocycles. The molecule has 3 rings (SSSR count). The van der Waals surface area contributed by atoms with Crippen molar-refractivity contribution >= 4 is 11.7 Å². The number of amides is 2. The summed E-state index contributed by atoms with van der Waals surface area (Å²) < 4.78 is 0. The van der Waals surface area contributed by atoms with Gasteiger partial charge in [0.15, 0.2) is 0 Å². The van der Waals surface area contributed by atoms with Crippen molar-refractivity contribution in [3.63, 3.8) is 0 Å². The van der Waals surface area contributed by atoms with E-state index in [1.165, 1.54) is 12.8 Å². The molecule has 0 saturated heterocycles. The molecular weight excluding hydrogens is 238 g/mol. The lowest BCUT2D eigenvalue weighted by Crippen LogP contribution is -2.45. The third-order valence-electron chi connectivity index (χ3n) is 4.26. The van der Waals surface area contributed by atoms with Gasteiger partial charge in [0.05, 0.1) is 5.54 Å². The van der Waals surface area contributed by atoms with E-state index < -0.39 is 0 Å². The lowest BCUT2D eigenvalue weighted by atomic mass is 10.0. The highest BCUT2D eigenvalue weighted by molar-refractivity contribution is 5.76. The Morgan fingerprint density at radius 1 is 1.16 bits per heavy atom. The Bertz CT molecular complexity index is 459. The average Bonchev–Trinajstić information content (AvgIpc) is 2.98. The van der Waals surface area contributed by atoms with Crippen LogP contribution in [-0.4, -0.2) is 12.1 Å². The van der Waals surface area contributed by atoms with E-state index in [0.29, 0.717) is 6.04 Å². The van der Waals surface area contributed by atoms with Crippen LogP contribution in [0.25, 0.3) is 0 Å². The first kappa shape index (κ1) is 12.3. The maximum atomic E-state index is 12.0. The van der Waals surface area contributed by atoms with E-state index in [1.54, 1.807) is 0 Å². The monoisotopic (exact) mass is 259 g/mol. The van der Waals surface area contributed by atoms with Crippen LogP contribution in [0.3, 0.4) is 0 Å². The summed E-state index contributed by atoms with van der Waals surface area (Å²) in [6.45, 7) is 0. The summed E-state index contributed by atoms with van der Waals surface area (Å²) in [6.07, 6.45) is 6.71. The molecule has 4 N–H and O–H groups in total. The van der Waals surface area contributed by atoms with Gasteiger partial charge in [-0.3, -0.25) is 0 Å². The highest BCUT2D eigenvalue weighted by Crippen LogP contribution is 2.45. The molecule has 4 heteroatoms. The quantitative estimate of drug-likeness (QED) is 0.730. The van der Waals surface area contributed by atoms with Crippen molar-refractivity contribution in [3.05, 3.63) is 29.8 Å². The number of nitrogens with one attached hydrogen (secondary N) is 2. The van der Waals surface area contributed by atoms with Crippen molar-refractivity contribution in [1.29, 1.82) is 0 Å². The van der Waals surface area contributed by atoms with E-state index in [9.17, 15) is 4.79 Å². The van der Waals surface area contributed by atoms with Gasteiger partial charge in [-0.25, -0.2) is 4.79 Å². The van der Waals surface area contributed by atoms with Crippen molar-refractivity contribution in [3.8, 4) is 0 Å². The Balaban J connectivity index is 1.61. The Labute approximate surface area is 113 Å². The summed E-state index contributed by atoms with van der Waals surface area (Å²) in [4.78, 5) is 12.0. The maximum Gasteiger partial charge on any atom is 0.315 e. The SMILES string of the molecule is Nc1ccc(C2(NC(=O)NC3CCCC3)CC2)cc1. The second-order valence-corrected chi connectivity index (χ2v) is 5.78. The smallest absolute Gasteiger partial charge is 0.315 e. The number of nitrogens with two attached hydrogens (primary N) is 1. The molecule has 0 aliphatic heterocycles. The van der Waals surface area contributed by atoms with E-state index in [-0.39, 0.29) is 11.6 Å². The summed E-state index contributed by atoms with van der Waals surface area (Å²) >= 11 is 0. The van der Waals surface area contributed by atoms with Gasteiger partial charge in [-0.1, -0.05) is 25.0 Å². The summed E-state index contributed by atoms with van der Waals surface area (Å²) in [5.74, 6) is 0. The molecule has 0 radical (unpaired) electrons. The number of benzene rings is 1. The molecule has 0 spiro atoms. The summed E-state index contributed by atoms with van der Waals surface area (Å²) in [7, 11) is 0. The van der Waals surface area contributed by atoms with Gasteiger partial charge in [-0.15, -0.1) is 0 Å². The van der Waals surface area contributed by atoms with Crippen LogP contribution in [0.4, 0.5) is 10.5 Å². The molecule has 0 bridgehead atoms. The number of carbonyl (C=O) groups is 1. The van der Waals surface area contributed by atoms with Crippen LogP contribution in [0.5, 0.6) is 0 Å². The fraction of sp³-hybridized carbons (Fsp3) is 0.533. The maximum absolute atomic E-state index is 12.0. The number of hydrogen-bond donors (Lipinski definition) is 3. The first-order chi connectivity index (χ1) is 9.18. The van der Waals surface area contributed by atoms with Crippen LogP contribution in [0, 0.1) is 0 Å². The average molecular weight is 259 g/mol. The molecule has 4 nitrogen and oxygen atoms in total. The van der Waals surface area contributed by atoms with Crippen LogP contribution in [-0.2, 0) is 5.54 Å². The number of rotatable bonds is 3. The predicted molar refractivity (Wildman–Crippen MR) is 75.7 cm³/mol. The van der Waals surface area contributed by atoms with Crippen molar-refractivity contribution in [2.45, 2.75) is 50.1 Å². The van der Waals surface area contributed by atoms with Gasteiger partial charge in [-0.2, -0.15) is 0 Å². The van der Waals surface area contributed by atoms with Crippen LogP contribution in [0.15, 0.2) is 24.3 Å². The fourth-order valence-corrected chi connectivity index (χ4v) is 2.92. The molecule has 0 atom stereocenters. The Morgan fingerprint density at radius 2 is 1.79 bits per heavy atom. The minimum atomic E-state index is -0.156. The second kappa shape index (κ2) is 4.76. The molecule has 2 fully saturated rings. The topological polar surface area (TPSA) is 67.1 Å². The largest absolute Gasteiger partial charge is 0.399 e. The van der Waals surface area contributed by atoms with E-state index in [2.05, 4.69) is 10.6 Å². The highest BCUT2D eigenvalue weighted by atomic mass is 16.2. The fourth-order valence-electron chi connectivity index (χ4n) is 2.92. The zero-order valence-corrected chi connectivity index (χ0v) is 11.1. The summed E-state index contributed by atoms with van der Waals surface area (Å²) in [6, 6.07) is 8.15. The van der Waals surface area contributed by atoms with Crippen molar-refractivity contribution in [2.24, 2.45) is 0 Å². The molecule has 1 aromatic carbocycles. The van der Waals surface area contributed by atoms with Gasteiger partial charge in [0.25, 0.3) is 0 Å². The minimum Gasteiger partial charge on any atom is -0.399 e. The van der Waals surface area contributed by atoms with Gasteiger partial charge in [-0.05, 0) is 43.4 Å². The number of anilines is 1. The van der Waals surface area contributed by atoms with Crippen molar-refractivity contribution in [1.82, 2.24) is 10.6 Å². The first-order valence-corrected chi connectivity index (χ1v) is 7.13. The molecule has 1 aromatic rings. The zero-order chi connectivity index (χ0) is 13.3. The van der Waals surface area contributed by atoms with Crippen molar-refractivity contribution in [2.75, 3.05) is 5.73 Å². The van der Waals surface area contributed by atoms with E-state index in [4.69, 9.17) is 5.73 Å². The molecule has 2 aliphatic carbocycles. The van der Waals surface area contributed by atoms with E-state index >= 15 is 0 Å². The molecule has 19 heavy (non-hydrogen) atoms. The Hall–Kier alpha value is -1.71. The van der Waals surface area contributed by atoms with Gasteiger partial charge in [0.2, 0.25) is 0 Å². The summed E-state index contributed by atoms with van der Waals surface area (Å²) in [5, 5.41) is 6.22. The number of carbonyl (C=O) groups excluding carboxylic acids is 1. The lowest BCUT2D eigenvalue weighted by Gasteiger charge is -2.20. The van der Waals surface area contributed by atoms with Gasteiger partial charge in [0.1, 0.15) is 0 Å². The van der Waals surface area contributed by atoms with Gasteiger partial charge < -0.3 is 16.4 Å². The van der Waals surface area contributed by atoms with E-state index in [1.807, 2.05) is 24.3 Å². The molecule has 0 unspecified atom stereocenters. The molecule has 2 amide bonds. The van der Waals surface area contributed by atoms with Crippen LogP contribution >= 0.6 is 0 Å². The van der Waals surface area contributed by atoms with Crippen LogP contribution < -0.4 is 16.4 Å².